The molecule has 0 N–H and O–H groups in total. The van der Waals surface area contributed by atoms with Gasteiger partial charge in [-0.1, -0.05) is 43.6 Å². The lowest BCUT2D eigenvalue weighted by molar-refractivity contribution is 0.319. The van der Waals surface area contributed by atoms with Crippen molar-refractivity contribution >= 4 is 0 Å². The monoisotopic (exact) mass is 190 g/mol. The average Bonchev–Trinajstić information content (AvgIpc) is 2.12. The smallest absolute Gasteiger partial charge is 0.0105 e. The number of allylic oxidation sites excluding steroid dienone is 4. The van der Waals surface area contributed by atoms with Crippen LogP contribution in [-0.2, 0) is 0 Å². The van der Waals surface area contributed by atoms with Crippen molar-refractivity contribution in [2.75, 3.05) is 0 Å². The zero-order chi connectivity index (χ0) is 10.3. The lowest BCUT2D eigenvalue weighted by atomic mass is 9.65. The molecule has 0 fully saturated rings. The minimum absolute atomic E-state index is 0.471. The molecule has 78 valence electrons. The van der Waals surface area contributed by atoms with Crippen molar-refractivity contribution in [3.8, 4) is 0 Å². The molecule has 0 aromatic carbocycles. The van der Waals surface area contributed by atoms with E-state index in [1.165, 1.54) is 25.7 Å². The Morgan fingerprint density at radius 1 is 1.36 bits per heavy atom. The molecule has 0 spiro atoms. The molecular formula is C14H22. The zero-order valence-corrected chi connectivity index (χ0v) is 9.98. The van der Waals surface area contributed by atoms with E-state index in [0.29, 0.717) is 5.41 Å². The largest absolute Gasteiger partial charge is 0.0812 e. The van der Waals surface area contributed by atoms with Crippen molar-refractivity contribution in [2.45, 2.75) is 53.4 Å². The van der Waals surface area contributed by atoms with Crippen molar-refractivity contribution in [1.82, 2.24) is 0 Å². The molecule has 2 rings (SSSR count). The highest BCUT2D eigenvalue weighted by molar-refractivity contribution is 5.35. The summed E-state index contributed by atoms with van der Waals surface area (Å²) >= 11 is 0. The molecule has 0 aliphatic heterocycles. The van der Waals surface area contributed by atoms with E-state index in [4.69, 9.17) is 0 Å². The van der Waals surface area contributed by atoms with Gasteiger partial charge < -0.3 is 0 Å². The first kappa shape index (κ1) is 10.0. The van der Waals surface area contributed by atoms with Crippen LogP contribution in [0.2, 0.25) is 0 Å². The molecule has 0 saturated heterocycles. The van der Waals surface area contributed by atoms with E-state index in [1.807, 2.05) is 0 Å². The number of rotatable bonds is 0. The van der Waals surface area contributed by atoms with Crippen molar-refractivity contribution < 1.29 is 0 Å². The van der Waals surface area contributed by atoms with Crippen LogP contribution in [0.25, 0.3) is 0 Å². The Morgan fingerprint density at radius 3 is 2.79 bits per heavy atom. The van der Waals surface area contributed by atoms with Crippen LogP contribution in [0.5, 0.6) is 0 Å². The molecule has 1 unspecified atom stereocenters. The Morgan fingerprint density at radius 2 is 2.07 bits per heavy atom. The summed E-state index contributed by atoms with van der Waals surface area (Å²) in [5, 5.41) is 0. The van der Waals surface area contributed by atoms with Gasteiger partial charge in [-0.25, -0.2) is 0 Å². The van der Waals surface area contributed by atoms with E-state index in [9.17, 15) is 0 Å². The molecule has 0 heterocycles. The van der Waals surface area contributed by atoms with Crippen LogP contribution in [0.4, 0.5) is 0 Å². The predicted molar refractivity (Wildman–Crippen MR) is 62.2 cm³/mol. The van der Waals surface area contributed by atoms with Crippen LogP contribution in [0.1, 0.15) is 53.4 Å². The minimum atomic E-state index is 0.471. The number of hydrogen-bond acceptors (Lipinski definition) is 0. The van der Waals surface area contributed by atoms with Gasteiger partial charge >= 0.3 is 0 Å². The molecule has 2 aliphatic carbocycles. The van der Waals surface area contributed by atoms with Crippen molar-refractivity contribution in [1.29, 1.82) is 0 Å². The standard InChI is InChI=1S/C14H22/c1-10-5-6-13-12(9-10)11(2)7-8-14(13,3)4/h5,11H,6-9H2,1-4H3. The molecule has 0 heteroatoms. The highest BCUT2D eigenvalue weighted by Gasteiger charge is 2.33. The van der Waals surface area contributed by atoms with Gasteiger partial charge in [0.2, 0.25) is 0 Å². The van der Waals surface area contributed by atoms with Crippen LogP contribution >= 0.6 is 0 Å². The summed E-state index contributed by atoms with van der Waals surface area (Å²) in [4.78, 5) is 0. The Kier molecular flexibility index (Phi) is 2.33. The SMILES string of the molecule is CC1=CCC2=C(C1)C(C)CCC2(C)C. The van der Waals surface area contributed by atoms with Crippen molar-refractivity contribution in [3.63, 3.8) is 0 Å². The summed E-state index contributed by atoms with van der Waals surface area (Å²) in [6.07, 6.45) is 7.66. The first-order valence-electron chi connectivity index (χ1n) is 5.89. The Labute approximate surface area is 88.1 Å². The molecule has 14 heavy (non-hydrogen) atoms. The first-order chi connectivity index (χ1) is 6.50. The maximum absolute atomic E-state index is 2.43. The zero-order valence-electron chi connectivity index (χ0n) is 9.98. The third-order valence-electron chi connectivity index (χ3n) is 4.13. The van der Waals surface area contributed by atoms with Crippen LogP contribution in [0, 0.1) is 11.3 Å². The average molecular weight is 190 g/mol. The molecule has 1 atom stereocenters. The molecule has 0 bridgehead atoms. The molecule has 0 amide bonds. The Bertz CT molecular complexity index is 302. The lowest BCUT2D eigenvalue weighted by Gasteiger charge is -2.40. The predicted octanol–water partition coefficient (Wildman–Crippen LogP) is 4.48. The van der Waals surface area contributed by atoms with Crippen LogP contribution < -0.4 is 0 Å². The van der Waals surface area contributed by atoms with Gasteiger partial charge in [-0.15, -0.1) is 0 Å². The van der Waals surface area contributed by atoms with Gasteiger partial charge in [0.25, 0.3) is 0 Å². The van der Waals surface area contributed by atoms with Gasteiger partial charge in [0.1, 0.15) is 0 Å². The second-order valence-electron chi connectivity index (χ2n) is 5.76. The summed E-state index contributed by atoms with van der Waals surface area (Å²) in [5.41, 5.74) is 5.57. The molecule has 0 saturated carbocycles. The fourth-order valence-corrected chi connectivity index (χ4v) is 2.97. The van der Waals surface area contributed by atoms with Crippen molar-refractivity contribution in [2.24, 2.45) is 11.3 Å². The van der Waals surface area contributed by atoms with E-state index in [0.717, 1.165) is 5.92 Å². The highest BCUT2D eigenvalue weighted by atomic mass is 14.4. The third kappa shape index (κ3) is 1.55. The van der Waals surface area contributed by atoms with Gasteiger partial charge in [-0.3, -0.25) is 0 Å². The topological polar surface area (TPSA) is 0 Å². The number of hydrogen-bond donors (Lipinski definition) is 0. The van der Waals surface area contributed by atoms with Gasteiger partial charge in [-0.2, -0.15) is 0 Å². The van der Waals surface area contributed by atoms with E-state index >= 15 is 0 Å². The second-order valence-corrected chi connectivity index (χ2v) is 5.76. The fraction of sp³-hybridized carbons (Fsp3) is 0.714. The summed E-state index contributed by atoms with van der Waals surface area (Å²) in [7, 11) is 0. The Hall–Kier alpha value is -0.520. The maximum Gasteiger partial charge on any atom is -0.0105 e. The first-order valence-corrected chi connectivity index (χ1v) is 5.89. The molecule has 0 radical (unpaired) electrons. The molecule has 0 aromatic heterocycles. The quantitative estimate of drug-likeness (QED) is 0.494. The Balaban J connectivity index is 2.36. The van der Waals surface area contributed by atoms with Crippen LogP contribution in [0.15, 0.2) is 22.8 Å². The summed E-state index contributed by atoms with van der Waals surface area (Å²) < 4.78 is 0. The van der Waals surface area contributed by atoms with Crippen LogP contribution in [-0.4, -0.2) is 0 Å². The lowest BCUT2D eigenvalue weighted by Crippen LogP contribution is -2.26. The van der Waals surface area contributed by atoms with E-state index in [2.05, 4.69) is 33.8 Å². The normalized spacial score (nSPS) is 31.1. The van der Waals surface area contributed by atoms with E-state index < -0.39 is 0 Å². The molecule has 0 aromatic rings. The highest BCUT2D eigenvalue weighted by Crippen LogP contribution is 2.47. The molecular weight excluding hydrogens is 168 g/mol. The third-order valence-corrected chi connectivity index (χ3v) is 4.13. The summed E-state index contributed by atoms with van der Waals surface area (Å²) in [6, 6.07) is 0. The summed E-state index contributed by atoms with van der Waals surface area (Å²) in [6.45, 7) is 9.52. The van der Waals surface area contributed by atoms with Crippen molar-refractivity contribution in [3.05, 3.63) is 22.8 Å². The van der Waals surface area contributed by atoms with E-state index in [-0.39, 0.29) is 0 Å². The fourth-order valence-electron chi connectivity index (χ4n) is 2.97. The van der Waals surface area contributed by atoms with Gasteiger partial charge in [0.15, 0.2) is 0 Å². The molecule has 0 nitrogen and oxygen atoms in total. The van der Waals surface area contributed by atoms with Gasteiger partial charge in [0.05, 0.1) is 0 Å². The minimum Gasteiger partial charge on any atom is -0.0812 e. The maximum atomic E-state index is 2.43. The van der Waals surface area contributed by atoms with E-state index in [1.54, 1.807) is 16.7 Å². The van der Waals surface area contributed by atoms with Crippen LogP contribution in [0.3, 0.4) is 0 Å². The molecule has 2 aliphatic rings. The second kappa shape index (κ2) is 3.25. The summed E-state index contributed by atoms with van der Waals surface area (Å²) in [5.74, 6) is 0.835. The van der Waals surface area contributed by atoms with Gasteiger partial charge in [-0.05, 0) is 43.9 Å². The van der Waals surface area contributed by atoms with Gasteiger partial charge in [0, 0.05) is 0 Å².